The summed E-state index contributed by atoms with van der Waals surface area (Å²) in [4.78, 5) is 6.70. The third kappa shape index (κ3) is 7.35. The lowest BCUT2D eigenvalue weighted by molar-refractivity contribution is 0.0342. The van der Waals surface area contributed by atoms with Crippen LogP contribution in [0.5, 0.6) is 0 Å². The molecule has 6 heteroatoms. The summed E-state index contributed by atoms with van der Waals surface area (Å²) in [5, 5.41) is 9.29. The maximum Gasteiger partial charge on any atom is 0.126 e. The van der Waals surface area contributed by atoms with Crippen LogP contribution in [0.4, 0.5) is 5.69 Å². The Bertz CT molecular complexity index is 796. The molecule has 1 aliphatic heterocycles. The zero-order chi connectivity index (χ0) is 23.0. The molecule has 1 aromatic carbocycles. The highest BCUT2D eigenvalue weighted by molar-refractivity contribution is 5.97. The Kier molecular flexibility index (Phi) is 9.49. The fourth-order valence-corrected chi connectivity index (χ4v) is 3.67. The van der Waals surface area contributed by atoms with Crippen molar-refractivity contribution >= 4 is 11.5 Å². The summed E-state index contributed by atoms with van der Waals surface area (Å²) in [5.41, 5.74) is 14.3. The molecule has 1 saturated heterocycles. The van der Waals surface area contributed by atoms with E-state index in [1.54, 1.807) is 0 Å². The van der Waals surface area contributed by atoms with Gasteiger partial charge in [-0.3, -0.25) is 4.90 Å². The first-order chi connectivity index (χ1) is 14.8. The molecule has 0 aromatic heterocycles. The maximum atomic E-state index is 9.29. The summed E-state index contributed by atoms with van der Waals surface area (Å²) in [6.45, 7) is 14.4. The molecule has 2 aliphatic carbocycles. The molecule has 2 fully saturated rings. The Morgan fingerprint density at radius 1 is 1.16 bits per heavy atom. The first kappa shape index (κ1) is 24.9. The van der Waals surface area contributed by atoms with Crippen LogP contribution in [0, 0.1) is 17.8 Å². The van der Waals surface area contributed by atoms with Gasteiger partial charge in [0.2, 0.25) is 0 Å². The van der Waals surface area contributed by atoms with Crippen molar-refractivity contribution in [2.24, 2.45) is 34.2 Å². The summed E-state index contributed by atoms with van der Waals surface area (Å²) in [6, 6.07) is 8.18. The van der Waals surface area contributed by atoms with Crippen molar-refractivity contribution in [2.75, 3.05) is 33.4 Å². The van der Waals surface area contributed by atoms with Gasteiger partial charge < -0.3 is 21.3 Å². The first-order valence-electron chi connectivity index (χ1n) is 10.9. The van der Waals surface area contributed by atoms with Crippen molar-refractivity contribution in [1.29, 1.82) is 0 Å². The van der Waals surface area contributed by atoms with Crippen LogP contribution >= 0.6 is 0 Å². The number of amidine groups is 1. The fourth-order valence-electron chi connectivity index (χ4n) is 3.67. The highest BCUT2D eigenvalue weighted by atomic mass is 16.5. The van der Waals surface area contributed by atoms with Gasteiger partial charge in [0.1, 0.15) is 11.6 Å². The standard InChI is InChI=1S/C15H21N3O.C9H12O.CH5N/c1-12(2)15(16)17-14-5-3-13(4-6-14)11-18-7-9-19-10-8-18;1-5-3-7-6(2)8(7)4-9(5)10;1-2/h3-6H,1,7-11H2,2H3,(H2,16,17);3-4,6-8,10H,1-2H3;2H2,1H3. The van der Waals surface area contributed by atoms with Crippen LogP contribution in [0.25, 0.3) is 0 Å². The Hall–Kier alpha value is -2.41. The lowest BCUT2D eigenvalue weighted by Crippen LogP contribution is -2.35. The number of aliphatic imine (C=N–C) groups is 1. The smallest absolute Gasteiger partial charge is 0.126 e. The van der Waals surface area contributed by atoms with Crippen LogP contribution in [0.2, 0.25) is 0 Å². The van der Waals surface area contributed by atoms with E-state index in [9.17, 15) is 5.11 Å². The predicted molar refractivity (Wildman–Crippen MR) is 129 cm³/mol. The van der Waals surface area contributed by atoms with Crippen molar-refractivity contribution in [3.05, 3.63) is 65.5 Å². The number of hydrogen-bond donors (Lipinski definition) is 3. The van der Waals surface area contributed by atoms with E-state index in [4.69, 9.17) is 10.5 Å². The monoisotopic (exact) mass is 426 g/mol. The van der Waals surface area contributed by atoms with Gasteiger partial charge in [-0.05, 0) is 73.6 Å². The summed E-state index contributed by atoms with van der Waals surface area (Å²) in [5.74, 6) is 3.12. The average molecular weight is 427 g/mol. The van der Waals surface area contributed by atoms with Crippen LogP contribution in [-0.2, 0) is 11.3 Å². The molecule has 0 radical (unpaired) electrons. The van der Waals surface area contributed by atoms with Gasteiger partial charge in [-0.25, -0.2) is 4.99 Å². The fraction of sp³-hybridized carbons (Fsp3) is 0.480. The minimum atomic E-state index is 0.487. The Morgan fingerprint density at radius 3 is 2.29 bits per heavy atom. The van der Waals surface area contributed by atoms with Gasteiger partial charge in [-0.2, -0.15) is 0 Å². The molecule has 5 N–H and O–H groups in total. The van der Waals surface area contributed by atoms with Crippen molar-refractivity contribution in [3.63, 3.8) is 0 Å². The largest absolute Gasteiger partial charge is 0.508 e. The minimum Gasteiger partial charge on any atom is -0.508 e. The summed E-state index contributed by atoms with van der Waals surface area (Å²) >= 11 is 0. The Labute approximate surface area is 187 Å². The summed E-state index contributed by atoms with van der Waals surface area (Å²) < 4.78 is 5.34. The number of hydrogen-bond acceptors (Lipinski definition) is 5. The normalized spacial score (nSPS) is 24.9. The molecule has 6 nitrogen and oxygen atoms in total. The van der Waals surface area contributed by atoms with E-state index in [1.165, 1.54) is 12.6 Å². The molecule has 3 unspecified atom stereocenters. The second-order valence-electron chi connectivity index (χ2n) is 8.25. The zero-order valence-electron chi connectivity index (χ0n) is 19.3. The summed E-state index contributed by atoms with van der Waals surface area (Å²) in [6.07, 6.45) is 4.18. The number of benzene rings is 1. The molecule has 1 aromatic rings. The van der Waals surface area contributed by atoms with E-state index in [1.807, 2.05) is 32.1 Å². The molecule has 3 atom stereocenters. The number of fused-ring (bicyclic) bond motifs is 1. The SMILES string of the molecule is C=C(C)C(N)=Nc1ccc(CN2CCOCC2)cc1.CC1=CC2C(C)C2C=C1O.CN. The van der Waals surface area contributed by atoms with Crippen LogP contribution in [0.3, 0.4) is 0 Å². The summed E-state index contributed by atoms with van der Waals surface area (Å²) in [7, 11) is 1.50. The number of aliphatic hydroxyl groups is 1. The van der Waals surface area contributed by atoms with E-state index in [2.05, 4.69) is 47.3 Å². The average Bonchev–Trinajstić information content (AvgIpc) is 3.39. The second kappa shape index (κ2) is 11.8. The quantitative estimate of drug-likeness (QED) is 0.501. The van der Waals surface area contributed by atoms with Crippen molar-refractivity contribution in [1.82, 2.24) is 4.90 Å². The molecule has 0 bridgehead atoms. The van der Waals surface area contributed by atoms with Gasteiger partial charge in [-0.1, -0.05) is 31.7 Å². The molecule has 1 heterocycles. The van der Waals surface area contributed by atoms with Crippen molar-refractivity contribution in [3.8, 4) is 0 Å². The number of morpholine rings is 1. The molecule has 0 spiro atoms. The van der Waals surface area contributed by atoms with Crippen molar-refractivity contribution in [2.45, 2.75) is 27.3 Å². The van der Waals surface area contributed by atoms with Crippen LogP contribution in [-0.4, -0.2) is 49.2 Å². The van der Waals surface area contributed by atoms with Gasteiger partial charge in [-0.15, -0.1) is 0 Å². The predicted octanol–water partition coefficient (Wildman–Crippen LogP) is 3.93. The van der Waals surface area contributed by atoms with Gasteiger partial charge in [0, 0.05) is 19.6 Å². The maximum absolute atomic E-state index is 9.29. The van der Waals surface area contributed by atoms with E-state index in [-0.39, 0.29) is 0 Å². The first-order valence-corrected chi connectivity index (χ1v) is 10.9. The lowest BCUT2D eigenvalue weighted by atomic mass is 10.1. The minimum absolute atomic E-state index is 0.487. The number of rotatable bonds is 4. The number of allylic oxidation sites excluding steroid dienone is 3. The number of nitrogens with zero attached hydrogens (tertiary/aromatic N) is 2. The highest BCUT2D eigenvalue weighted by Gasteiger charge is 2.45. The molecule has 4 rings (SSSR count). The number of nitrogens with two attached hydrogens (primary N) is 2. The van der Waals surface area contributed by atoms with Crippen molar-refractivity contribution < 1.29 is 9.84 Å². The molecule has 0 amide bonds. The number of aliphatic hydroxyl groups excluding tert-OH is 1. The topological polar surface area (TPSA) is 97.1 Å². The Balaban J connectivity index is 0.000000237. The van der Waals surface area contributed by atoms with Gasteiger partial charge in [0.05, 0.1) is 18.9 Å². The van der Waals surface area contributed by atoms with Crippen LogP contribution in [0.15, 0.2) is 64.9 Å². The number of ether oxygens (including phenoxy) is 1. The highest BCUT2D eigenvalue weighted by Crippen LogP contribution is 2.51. The van der Waals surface area contributed by atoms with Gasteiger partial charge >= 0.3 is 0 Å². The van der Waals surface area contributed by atoms with Crippen LogP contribution in [0.1, 0.15) is 26.3 Å². The van der Waals surface area contributed by atoms with E-state index >= 15 is 0 Å². The molecular weight excluding hydrogens is 388 g/mol. The van der Waals surface area contributed by atoms with Gasteiger partial charge in [0.15, 0.2) is 0 Å². The van der Waals surface area contributed by atoms with E-state index in [0.29, 0.717) is 17.5 Å². The molecular formula is C25H38N4O2. The third-order valence-electron chi connectivity index (χ3n) is 5.85. The molecule has 31 heavy (non-hydrogen) atoms. The van der Waals surface area contributed by atoms with Gasteiger partial charge in [0.25, 0.3) is 0 Å². The third-order valence-corrected chi connectivity index (χ3v) is 5.85. The zero-order valence-corrected chi connectivity index (χ0v) is 19.3. The molecule has 3 aliphatic rings. The van der Waals surface area contributed by atoms with Crippen LogP contribution < -0.4 is 11.5 Å². The lowest BCUT2D eigenvalue weighted by Gasteiger charge is -2.26. The Morgan fingerprint density at radius 2 is 1.74 bits per heavy atom. The van der Waals surface area contributed by atoms with E-state index < -0.39 is 0 Å². The second-order valence-corrected chi connectivity index (χ2v) is 8.25. The molecule has 1 saturated carbocycles. The molecule has 170 valence electrons. The van der Waals surface area contributed by atoms with E-state index in [0.717, 1.165) is 61.5 Å².